The van der Waals surface area contributed by atoms with Gasteiger partial charge >= 0.3 is 0 Å². The van der Waals surface area contributed by atoms with Crippen LogP contribution in [0, 0.1) is 0 Å². The molecule has 0 radical (unpaired) electrons. The number of hydrogen-bond donors (Lipinski definition) is 0. The molecule has 0 fully saturated rings. The number of aromatic nitrogens is 5. The number of hydrogen-bond acceptors (Lipinski definition) is 3. The molecule has 0 aliphatic carbocycles. The van der Waals surface area contributed by atoms with Gasteiger partial charge in [0.1, 0.15) is 0 Å². The third-order valence-corrected chi connectivity index (χ3v) is 12.5. The first kappa shape index (κ1) is 34.5. The molecule has 0 amide bonds. The van der Waals surface area contributed by atoms with E-state index >= 15 is 0 Å². The zero-order valence-electron chi connectivity index (χ0n) is 33.4. The van der Waals surface area contributed by atoms with Gasteiger partial charge < -0.3 is 4.57 Å². The molecule has 13 aromatic rings. The van der Waals surface area contributed by atoms with E-state index in [1.54, 1.807) is 0 Å². The fourth-order valence-corrected chi connectivity index (χ4v) is 9.64. The van der Waals surface area contributed by atoms with Gasteiger partial charge in [-0.1, -0.05) is 170 Å². The van der Waals surface area contributed by atoms with E-state index in [1.165, 1.54) is 37.8 Å². The zero-order valence-corrected chi connectivity index (χ0v) is 33.4. The fourth-order valence-electron chi connectivity index (χ4n) is 9.64. The van der Waals surface area contributed by atoms with E-state index in [9.17, 15) is 0 Å². The van der Waals surface area contributed by atoms with E-state index in [0.29, 0.717) is 17.6 Å². The Morgan fingerprint density at radius 1 is 0.290 bits per heavy atom. The van der Waals surface area contributed by atoms with Crippen LogP contribution in [-0.2, 0) is 0 Å². The molecule has 0 atom stereocenters. The number of nitrogens with zero attached hydrogens (tertiary/aromatic N) is 5. The van der Waals surface area contributed by atoms with E-state index in [4.69, 9.17) is 15.0 Å². The Balaban J connectivity index is 1.14. The highest BCUT2D eigenvalue weighted by Gasteiger charge is 2.23. The molecule has 0 spiro atoms. The maximum atomic E-state index is 5.42. The molecular formula is C57H35N5. The molecule has 0 aliphatic heterocycles. The Labute approximate surface area is 356 Å². The van der Waals surface area contributed by atoms with Crippen molar-refractivity contribution >= 4 is 75.9 Å². The van der Waals surface area contributed by atoms with Crippen molar-refractivity contribution in [3.05, 3.63) is 212 Å². The molecule has 0 unspecified atom stereocenters. The summed E-state index contributed by atoms with van der Waals surface area (Å²) in [6.45, 7) is 0. The van der Waals surface area contributed by atoms with Crippen LogP contribution in [0.2, 0.25) is 0 Å². The fraction of sp³-hybridized carbons (Fsp3) is 0. The third-order valence-electron chi connectivity index (χ3n) is 12.5. The van der Waals surface area contributed by atoms with Crippen molar-refractivity contribution in [2.75, 3.05) is 0 Å². The maximum absolute atomic E-state index is 5.42. The largest absolute Gasteiger partial charge is 0.308 e. The Kier molecular flexibility index (Phi) is 7.54. The summed E-state index contributed by atoms with van der Waals surface area (Å²) >= 11 is 0. The molecule has 0 saturated carbocycles. The first-order valence-corrected chi connectivity index (χ1v) is 21.0. The third kappa shape index (κ3) is 5.32. The molecule has 3 heterocycles. The average Bonchev–Trinajstić information content (AvgIpc) is 3.86. The highest BCUT2D eigenvalue weighted by molar-refractivity contribution is 6.22. The van der Waals surface area contributed by atoms with Crippen molar-refractivity contribution in [3.63, 3.8) is 0 Å². The molecular weight excluding hydrogens is 755 g/mol. The molecule has 13 rings (SSSR count). The van der Waals surface area contributed by atoms with Gasteiger partial charge in [-0.15, -0.1) is 0 Å². The minimum absolute atomic E-state index is 0.559. The highest BCUT2D eigenvalue weighted by atomic mass is 15.2. The topological polar surface area (TPSA) is 48.5 Å². The van der Waals surface area contributed by atoms with E-state index in [1.807, 2.05) is 6.07 Å². The summed E-state index contributed by atoms with van der Waals surface area (Å²) in [6.07, 6.45) is 0. The van der Waals surface area contributed by atoms with Crippen LogP contribution in [0.15, 0.2) is 212 Å². The van der Waals surface area contributed by atoms with Gasteiger partial charge in [0.25, 0.3) is 0 Å². The molecule has 0 aliphatic rings. The summed E-state index contributed by atoms with van der Waals surface area (Å²) in [6, 6.07) is 75.8. The van der Waals surface area contributed by atoms with Crippen molar-refractivity contribution in [1.82, 2.24) is 24.1 Å². The standard InChI is InChI=1S/C57H35N5/c1-2-14-36(15-3-1)40-21-12-22-43(32-40)55-58-56(44-29-28-37-16-4-5-18-39(37)33-44)60-57(59-55)62-51-27-13-26-50(53(51)48-34-41-19-6-7-20-42(41)35-52(48)62)61-49-25-11-10-24-46(49)47-31-30-38-17-8-9-23-45(38)54(47)61/h1-35H. The van der Waals surface area contributed by atoms with Crippen LogP contribution in [0.4, 0.5) is 0 Å². The molecule has 5 nitrogen and oxygen atoms in total. The minimum atomic E-state index is 0.559. The molecule has 288 valence electrons. The summed E-state index contributed by atoms with van der Waals surface area (Å²) in [7, 11) is 0. The van der Waals surface area contributed by atoms with E-state index in [2.05, 4.69) is 215 Å². The Bertz CT molecular complexity index is 3930. The molecule has 3 aromatic heterocycles. The van der Waals surface area contributed by atoms with Crippen LogP contribution < -0.4 is 0 Å². The van der Waals surface area contributed by atoms with Gasteiger partial charge in [-0.05, 0) is 80.5 Å². The lowest BCUT2D eigenvalue weighted by Crippen LogP contribution is -2.06. The van der Waals surface area contributed by atoms with Gasteiger partial charge in [-0.3, -0.25) is 4.57 Å². The van der Waals surface area contributed by atoms with Crippen molar-refractivity contribution < 1.29 is 0 Å². The monoisotopic (exact) mass is 789 g/mol. The summed E-state index contributed by atoms with van der Waals surface area (Å²) in [4.78, 5) is 16.1. The Morgan fingerprint density at radius 2 is 0.887 bits per heavy atom. The highest BCUT2D eigenvalue weighted by Crippen LogP contribution is 2.43. The lowest BCUT2D eigenvalue weighted by Gasteiger charge is -2.13. The van der Waals surface area contributed by atoms with Crippen molar-refractivity contribution in [1.29, 1.82) is 0 Å². The number of benzene rings is 10. The second-order valence-corrected chi connectivity index (χ2v) is 16.0. The second-order valence-electron chi connectivity index (χ2n) is 16.0. The van der Waals surface area contributed by atoms with Crippen molar-refractivity contribution in [2.24, 2.45) is 0 Å². The minimum Gasteiger partial charge on any atom is -0.308 e. The quantitative estimate of drug-likeness (QED) is 0.174. The lowest BCUT2D eigenvalue weighted by molar-refractivity contribution is 0.954. The van der Waals surface area contributed by atoms with Gasteiger partial charge in [-0.25, -0.2) is 4.98 Å². The molecule has 0 bridgehead atoms. The molecule has 0 N–H and O–H groups in total. The van der Waals surface area contributed by atoms with Gasteiger partial charge in [0.05, 0.1) is 27.8 Å². The van der Waals surface area contributed by atoms with Gasteiger partial charge in [0.15, 0.2) is 11.6 Å². The maximum Gasteiger partial charge on any atom is 0.238 e. The van der Waals surface area contributed by atoms with Crippen LogP contribution in [0.5, 0.6) is 0 Å². The summed E-state index contributed by atoms with van der Waals surface area (Å²) in [5.74, 6) is 1.78. The van der Waals surface area contributed by atoms with Crippen LogP contribution in [-0.4, -0.2) is 24.1 Å². The summed E-state index contributed by atoms with van der Waals surface area (Å²) < 4.78 is 4.73. The van der Waals surface area contributed by atoms with E-state index in [-0.39, 0.29) is 0 Å². The average molecular weight is 790 g/mol. The van der Waals surface area contributed by atoms with Gasteiger partial charge in [0, 0.05) is 38.1 Å². The van der Waals surface area contributed by atoms with Gasteiger partial charge in [0.2, 0.25) is 5.95 Å². The molecule has 62 heavy (non-hydrogen) atoms. The Morgan fingerprint density at radius 3 is 1.71 bits per heavy atom. The smallest absolute Gasteiger partial charge is 0.238 e. The normalized spacial score (nSPS) is 11.9. The summed E-state index contributed by atoms with van der Waals surface area (Å²) in [5.41, 5.74) is 9.57. The SMILES string of the molecule is c1ccc(-c2cccc(-c3nc(-c4ccc5ccccc5c4)nc(-n4c5cc6ccccc6cc5c5c(-n6c7ccccc7c7ccc8ccccc8c76)cccc54)n3)c2)cc1. The first-order valence-electron chi connectivity index (χ1n) is 21.0. The number of para-hydroxylation sites is 1. The van der Waals surface area contributed by atoms with Crippen molar-refractivity contribution in [2.45, 2.75) is 0 Å². The van der Waals surface area contributed by atoms with Crippen LogP contribution in [0.1, 0.15) is 0 Å². The van der Waals surface area contributed by atoms with Crippen LogP contribution >= 0.6 is 0 Å². The van der Waals surface area contributed by atoms with E-state index in [0.717, 1.165) is 66.0 Å². The van der Waals surface area contributed by atoms with E-state index < -0.39 is 0 Å². The predicted molar refractivity (Wildman–Crippen MR) is 257 cm³/mol. The summed E-state index contributed by atoms with van der Waals surface area (Å²) in [5, 5.41) is 11.7. The van der Waals surface area contributed by atoms with Gasteiger partial charge in [-0.2, -0.15) is 9.97 Å². The van der Waals surface area contributed by atoms with Crippen LogP contribution in [0.3, 0.4) is 0 Å². The number of fused-ring (bicyclic) bond motifs is 10. The lowest BCUT2D eigenvalue weighted by atomic mass is 10.0. The predicted octanol–water partition coefficient (Wildman–Crippen LogP) is 14.5. The molecule has 5 heteroatoms. The second kappa shape index (κ2) is 13.6. The van der Waals surface area contributed by atoms with Crippen LogP contribution in [0.25, 0.3) is 121 Å². The Hall–Kier alpha value is -8.41. The number of rotatable bonds is 5. The zero-order chi connectivity index (χ0) is 40.7. The molecule has 10 aromatic carbocycles. The van der Waals surface area contributed by atoms with Crippen molar-refractivity contribution in [3.8, 4) is 45.5 Å². The first-order chi connectivity index (χ1) is 30.7. The molecule has 0 saturated heterocycles.